The lowest BCUT2D eigenvalue weighted by Gasteiger charge is -2.01. The third-order valence-electron chi connectivity index (χ3n) is 2.02. The van der Waals surface area contributed by atoms with E-state index < -0.39 is 10.7 Å². The predicted molar refractivity (Wildman–Crippen MR) is 69.6 cm³/mol. The molecule has 7 heteroatoms. The van der Waals surface area contributed by atoms with Crippen LogP contribution in [0.4, 0.5) is 15.8 Å². The van der Waals surface area contributed by atoms with Gasteiger partial charge < -0.3 is 5.73 Å². The second-order valence-electron chi connectivity index (χ2n) is 3.39. The van der Waals surface area contributed by atoms with Crippen molar-refractivity contribution in [2.45, 2.75) is 6.92 Å². The van der Waals surface area contributed by atoms with Crippen LogP contribution in [0.3, 0.4) is 0 Å². The number of halogens is 1. The second kappa shape index (κ2) is 6.15. The summed E-state index contributed by atoms with van der Waals surface area (Å²) in [7, 11) is 0. The molecule has 0 heterocycles. The van der Waals surface area contributed by atoms with Gasteiger partial charge in [-0.2, -0.15) is 0 Å². The third kappa shape index (κ3) is 3.85. The number of carbonyl (C=O) groups is 1. The topological polar surface area (TPSA) is 86.2 Å². The van der Waals surface area contributed by atoms with E-state index in [1.807, 2.05) is 0 Å². The van der Waals surface area contributed by atoms with Crippen molar-refractivity contribution in [3.63, 3.8) is 0 Å². The van der Waals surface area contributed by atoms with Gasteiger partial charge in [0.2, 0.25) is 0 Å². The highest BCUT2D eigenvalue weighted by molar-refractivity contribution is 8.13. The number of nitrogen functional groups attached to an aromatic ring is 1. The van der Waals surface area contributed by atoms with E-state index >= 15 is 0 Å². The van der Waals surface area contributed by atoms with Crippen LogP contribution in [0.25, 0.3) is 6.08 Å². The monoisotopic (exact) mass is 270 g/mol. The van der Waals surface area contributed by atoms with Crippen LogP contribution in [0.2, 0.25) is 0 Å². The van der Waals surface area contributed by atoms with Crippen LogP contribution < -0.4 is 5.73 Å². The molecule has 0 radical (unpaired) electrons. The van der Waals surface area contributed by atoms with Crippen LogP contribution in [0.15, 0.2) is 18.2 Å². The molecule has 0 unspecified atom stereocenters. The molecule has 5 nitrogen and oxygen atoms in total. The number of nitrogens with zero attached hydrogens (tertiary/aromatic N) is 1. The molecule has 0 fully saturated rings. The third-order valence-corrected chi connectivity index (χ3v) is 2.79. The summed E-state index contributed by atoms with van der Waals surface area (Å²) in [5.74, 6) is -0.255. The van der Waals surface area contributed by atoms with Gasteiger partial charge >= 0.3 is 0 Å². The zero-order valence-corrected chi connectivity index (χ0v) is 10.4. The van der Waals surface area contributed by atoms with Crippen LogP contribution >= 0.6 is 11.8 Å². The largest absolute Gasteiger partial charge is 0.393 e. The van der Waals surface area contributed by atoms with Gasteiger partial charge in [0.15, 0.2) is 5.12 Å². The summed E-state index contributed by atoms with van der Waals surface area (Å²) in [6, 6.07) is 1.98. The molecule has 0 saturated heterocycles. The molecular formula is C11H11FN2O3S. The molecule has 0 spiro atoms. The van der Waals surface area contributed by atoms with Gasteiger partial charge in [0.25, 0.3) is 5.69 Å². The number of hydrogen-bond acceptors (Lipinski definition) is 5. The quantitative estimate of drug-likeness (QED) is 0.516. The average Bonchev–Trinajstić information content (AvgIpc) is 2.25. The Morgan fingerprint density at radius 2 is 2.28 bits per heavy atom. The summed E-state index contributed by atoms with van der Waals surface area (Å²) in [5, 5.41) is 10.6. The minimum Gasteiger partial charge on any atom is -0.393 e. The average molecular weight is 270 g/mol. The van der Waals surface area contributed by atoms with E-state index in [1.54, 1.807) is 6.08 Å². The molecular weight excluding hydrogens is 259 g/mol. The van der Waals surface area contributed by atoms with E-state index in [2.05, 4.69) is 0 Å². The molecule has 0 aromatic heterocycles. The van der Waals surface area contributed by atoms with E-state index in [1.165, 1.54) is 13.0 Å². The number of nitrogens with two attached hydrogens (primary N) is 1. The maximum absolute atomic E-state index is 13.5. The molecule has 0 aliphatic rings. The van der Waals surface area contributed by atoms with Gasteiger partial charge in [0, 0.05) is 30.4 Å². The number of hydrogen-bond donors (Lipinski definition) is 1. The molecule has 0 bridgehead atoms. The molecule has 2 N–H and O–H groups in total. The lowest BCUT2D eigenvalue weighted by atomic mass is 10.1. The number of thioether (sulfide) groups is 1. The maximum atomic E-state index is 13.5. The molecule has 0 aliphatic carbocycles. The van der Waals surface area contributed by atoms with Crippen molar-refractivity contribution in [1.29, 1.82) is 0 Å². The number of rotatable bonds is 4. The smallest absolute Gasteiger partial charge is 0.292 e. The number of anilines is 1. The van der Waals surface area contributed by atoms with Crippen molar-refractivity contribution in [1.82, 2.24) is 0 Å². The second-order valence-corrected chi connectivity index (χ2v) is 4.59. The Morgan fingerprint density at radius 1 is 1.61 bits per heavy atom. The fourth-order valence-electron chi connectivity index (χ4n) is 1.22. The summed E-state index contributed by atoms with van der Waals surface area (Å²) in [6.07, 6.45) is 2.95. The molecule has 0 saturated carbocycles. The van der Waals surface area contributed by atoms with Gasteiger partial charge in [-0.3, -0.25) is 14.9 Å². The first-order valence-corrected chi connectivity index (χ1v) is 5.93. The molecule has 1 rings (SSSR count). The highest BCUT2D eigenvalue weighted by Gasteiger charge is 2.14. The van der Waals surface area contributed by atoms with Gasteiger partial charge in [0.1, 0.15) is 11.5 Å². The number of nitro groups is 1. The summed E-state index contributed by atoms with van der Waals surface area (Å²) >= 11 is 1.06. The van der Waals surface area contributed by atoms with Gasteiger partial charge in [-0.15, -0.1) is 0 Å². The van der Waals surface area contributed by atoms with Crippen molar-refractivity contribution in [3.05, 3.63) is 39.7 Å². The van der Waals surface area contributed by atoms with Crippen LogP contribution in [0.1, 0.15) is 12.5 Å². The number of benzene rings is 1. The Labute approximate surface area is 107 Å². The van der Waals surface area contributed by atoms with E-state index in [4.69, 9.17) is 5.73 Å². The molecule has 96 valence electrons. The standard InChI is InChI=1S/C11H11FN2O3S/c1-7(15)18-4-2-3-8-5-11(14(16)17)10(13)6-9(8)12/h2-3,5-6H,4,13H2,1H3. The zero-order chi connectivity index (χ0) is 13.7. The van der Waals surface area contributed by atoms with Crippen LogP contribution in [-0.4, -0.2) is 15.8 Å². The lowest BCUT2D eigenvalue weighted by Crippen LogP contribution is -1.98. The summed E-state index contributed by atoms with van der Waals surface area (Å²) in [4.78, 5) is 20.6. The summed E-state index contributed by atoms with van der Waals surface area (Å²) in [6.45, 7) is 1.42. The Balaban J connectivity index is 2.92. The van der Waals surface area contributed by atoms with E-state index in [0.717, 1.165) is 23.9 Å². The highest BCUT2D eigenvalue weighted by atomic mass is 32.2. The summed E-state index contributed by atoms with van der Waals surface area (Å²) in [5.41, 5.74) is 4.85. The molecule has 1 aromatic carbocycles. The van der Waals surface area contributed by atoms with Crippen LogP contribution in [-0.2, 0) is 4.79 Å². The molecule has 1 aromatic rings. The highest BCUT2D eigenvalue weighted by Crippen LogP contribution is 2.25. The molecule has 18 heavy (non-hydrogen) atoms. The number of carbonyl (C=O) groups excluding carboxylic acids is 1. The number of nitro benzene ring substituents is 1. The van der Waals surface area contributed by atoms with Crippen molar-refractivity contribution < 1.29 is 14.1 Å². The first-order chi connectivity index (χ1) is 8.41. The first-order valence-electron chi connectivity index (χ1n) is 4.95. The lowest BCUT2D eigenvalue weighted by molar-refractivity contribution is -0.384. The normalized spacial score (nSPS) is 10.8. The Morgan fingerprint density at radius 3 is 2.83 bits per heavy atom. The summed E-state index contributed by atoms with van der Waals surface area (Å²) < 4.78 is 13.5. The molecule has 0 atom stereocenters. The molecule has 0 aliphatic heterocycles. The van der Waals surface area contributed by atoms with Gasteiger partial charge in [-0.05, 0) is 0 Å². The van der Waals surface area contributed by atoms with Gasteiger partial charge in [-0.1, -0.05) is 23.9 Å². The van der Waals surface area contributed by atoms with Crippen molar-refractivity contribution in [2.75, 3.05) is 11.5 Å². The fraction of sp³-hybridized carbons (Fsp3) is 0.182. The van der Waals surface area contributed by atoms with Crippen molar-refractivity contribution >= 4 is 34.3 Å². The Hall–Kier alpha value is -1.89. The van der Waals surface area contributed by atoms with Gasteiger partial charge in [-0.25, -0.2) is 4.39 Å². The molecule has 0 amide bonds. The van der Waals surface area contributed by atoms with Crippen LogP contribution in [0.5, 0.6) is 0 Å². The van der Waals surface area contributed by atoms with E-state index in [-0.39, 0.29) is 22.1 Å². The SMILES string of the molecule is CC(=O)SCC=Cc1cc([N+](=O)[O-])c(N)cc1F. The predicted octanol–water partition coefficient (Wildman–Crippen LogP) is 2.61. The van der Waals surface area contributed by atoms with Gasteiger partial charge in [0.05, 0.1) is 4.92 Å². The van der Waals surface area contributed by atoms with E-state index in [9.17, 15) is 19.3 Å². The Bertz CT molecular complexity index is 517. The van der Waals surface area contributed by atoms with Crippen LogP contribution in [0, 0.1) is 15.9 Å². The van der Waals surface area contributed by atoms with Crippen molar-refractivity contribution in [2.24, 2.45) is 0 Å². The Kier molecular flexibility index (Phi) is 4.85. The van der Waals surface area contributed by atoms with E-state index in [0.29, 0.717) is 5.75 Å². The minimum atomic E-state index is -0.670. The zero-order valence-electron chi connectivity index (χ0n) is 9.55. The fourth-order valence-corrected chi connectivity index (χ4v) is 1.65. The van der Waals surface area contributed by atoms with Crippen molar-refractivity contribution in [3.8, 4) is 0 Å². The minimum absolute atomic E-state index is 0.0524. The maximum Gasteiger partial charge on any atom is 0.292 e. The first kappa shape index (κ1) is 14.2.